The van der Waals surface area contributed by atoms with Crippen molar-refractivity contribution in [2.24, 2.45) is 4.99 Å². The van der Waals surface area contributed by atoms with Crippen molar-refractivity contribution in [3.63, 3.8) is 0 Å². The monoisotopic (exact) mass is 373 g/mol. The molecule has 2 heterocycles. The second-order valence-electron chi connectivity index (χ2n) is 6.71. The molecule has 26 heavy (non-hydrogen) atoms. The molecule has 1 aromatic heterocycles. The number of benzene rings is 1. The lowest BCUT2D eigenvalue weighted by molar-refractivity contribution is 0.0369. The van der Waals surface area contributed by atoms with Crippen molar-refractivity contribution in [1.82, 2.24) is 9.47 Å². The van der Waals surface area contributed by atoms with Crippen molar-refractivity contribution in [3.8, 4) is 0 Å². The van der Waals surface area contributed by atoms with Crippen LogP contribution in [0, 0.1) is 13.8 Å². The summed E-state index contributed by atoms with van der Waals surface area (Å²) in [6.45, 7) is 11.3. The van der Waals surface area contributed by atoms with Gasteiger partial charge in [0.25, 0.3) is 0 Å². The fraction of sp³-hybridized carbons (Fsp3) is 0.500. The molecule has 0 spiro atoms. The number of ether oxygens (including phenoxy) is 1. The number of para-hydroxylation sites is 1. The number of rotatable bonds is 6. The standard InChI is InChI=1S/C20H27N3O2S/c1-15-7-4-5-8-18(15)21-20-23(16(2)19(26-20)17(3)24)10-6-9-22-11-13-25-14-12-22/h4-5,7-8H,6,9-14H2,1-3H3. The second kappa shape index (κ2) is 8.75. The van der Waals surface area contributed by atoms with E-state index >= 15 is 0 Å². The largest absolute Gasteiger partial charge is 0.379 e. The number of Topliss-reactive ketones (excluding diaryl/α,β-unsaturated/α-hetero) is 1. The van der Waals surface area contributed by atoms with Gasteiger partial charge in [0.05, 0.1) is 23.8 Å². The quantitative estimate of drug-likeness (QED) is 0.730. The molecule has 1 fully saturated rings. The Bertz CT molecular complexity index is 832. The van der Waals surface area contributed by atoms with Crippen molar-refractivity contribution in [2.45, 2.75) is 33.7 Å². The third kappa shape index (κ3) is 4.50. The predicted octanol–water partition coefficient (Wildman–Crippen LogP) is 3.32. The van der Waals surface area contributed by atoms with E-state index in [1.807, 2.05) is 25.1 Å². The molecule has 1 saturated heterocycles. The lowest BCUT2D eigenvalue weighted by Crippen LogP contribution is -2.37. The summed E-state index contributed by atoms with van der Waals surface area (Å²) < 4.78 is 7.61. The van der Waals surface area contributed by atoms with Crippen molar-refractivity contribution in [1.29, 1.82) is 0 Å². The first-order valence-electron chi connectivity index (χ1n) is 9.18. The summed E-state index contributed by atoms with van der Waals surface area (Å²) in [7, 11) is 0. The van der Waals surface area contributed by atoms with Crippen LogP contribution < -0.4 is 4.80 Å². The summed E-state index contributed by atoms with van der Waals surface area (Å²) in [6, 6.07) is 8.11. The van der Waals surface area contributed by atoms with Gasteiger partial charge in [-0.15, -0.1) is 0 Å². The Kier molecular flexibility index (Phi) is 6.40. The molecule has 6 heteroatoms. The third-order valence-corrected chi connectivity index (χ3v) is 6.05. The Labute approximate surface area is 158 Å². The molecule has 0 bridgehead atoms. The third-order valence-electron chi connectivity index (χ3n) is 4.77. The molecule has 0 unspecified atom stereocenters. The maximum Gasteiger partial charge on any atom is 0.190 e. The highest BCUT2D eigenvalue weighted by Crippen LogP contribution is 2.19. The molecule has 1 aliphatic heterocycles. The maximum atomic E-state index is 12.0. The Morgan fingerprint density at radius 2 is 1.92 bits per heavy atom. The van der Waals surface area contributed by atoms with E-state index in [1.165, 1.54) is 11.3 Å². The number of hydrogen-bond donors (Lipinski definition) is 0. The van der Waals surface area contributed by atoms with Gasteiger partial charge in [0, 0.05) is 38.8 Å². The number of nitrogens with zero attached hydrogens (tertiary/aromatic N) is 3. The molecule has 1 aliphatic rings. The van der Waals surface area contributed by atoms with Gasteiger partial charge in [-0.25, -0.2) is 4.99 Å². The first-order valence-corrected chi connectivity index (χ1v) is 9.99. The zero-order valence-corrected chi connectivity index (χ0v) is 16.6. The number of aryl methyl sites for hydroxylation is 1. The van der Waals surface area contributed by atoms with Crippen LogP contribution in [0.25, 0.3) is 0 Å². The van der Waals surface area contributed by atoms with Crippen LogP contribution in [-0.2, 0) is 11.3 Å². The summed E-state index contributed by atoms with van der Waals surface area (Å²) in [5.41, 5.74) is 3.13. The Morgan fingerprint density at radius 1 is 1.19 bits per heavy atom. The van der Waals surface area contributed by atoms with Crippen LogP contribution in [-0.4, -0.2) is 48.1 Å². The molecule has 0 amide bonds. The summed E-state index contributed by atoms with van der Waals surface area (Å²) in [5.74, 6) is 0.112. The predicted molar refractivity (Wildman–Crippen MR) is 105 cm³/mol. The molecule has 0 atom stereocenters. The zero-order valence-electron chi connectivity index (χ0n) is 15.8. The van der Waals surface area contributed by atoms with E-state index in [-0.39, 0.29) is 5.78 Å². The number of ketones is 1. The molecule has 0 aliphatic carbocycles. The lowest BCUT2D eigenvalue weighted by Gasteiger charge is -2.26. The van der Waals surface area contributed by atoms with Gasteiger partial charge >= 0.3 is 0 Å². The molecule has 140 valence electrons. The van der Waals surface area contributed by atoms with E-state index in [1.54, 1.807) is 6.92 Å². The molecule has 3 rings (SSSR count). The van der Waals surface area contributed by atoms with Crippen LogP contribution in [0.1, 0.15) is 34.3 Å². The van der Waals surface area contributed by atoms with E-state index in [9.17, 15) is 4.79 Å². The topological polar surface area (TPSA) is 46.8 Å². The number of morpholine rings is 1. The fourth-order valence-corrected chi connectivity index (χ4v) is 4.30. The van der Waals surface area contributed by atoms with E-state index < -0.39 is 0 Å². The van der Waals surface area contributed by atoms with Crippen LogP contribution in [0.3, 0.4) is 0 Å². The normalized spacial score (nSPS) is 16.2. The molecule has 5 nitrogen and oxygen atoms in total. The van der Waals surface area contributed by atoms with Gasteiger partial charge in [0.15, 0.2) is 10.6 Å². The molecular weight excluding hydrogens is 346 g/mol. The van der Waals surface area contributed by atoms with Crippen molar-refractivity contribution in [2.75, 3.05) is 32.8 Å². The summed E-state index contributed by atoms with van der Waals surface area (Å²) in [4.78, 5) is 21.0. The maximum absolute atomic E-state index is 12.0. The summed E-state index contributed by atoms with van der Waals surface area (Å²) in [6.07, 6.45) is 1.04. The van der Waals surface area contributed by atoms with Crippen molar-refractivity contribution >= 4 is 22.8 Å². The minimum atomic E-state index is 0.112. The average Bonchev–Trinajstić information content (AvgIpc) is 2.94. The van der Waals surface area contributed by atoms with Crippen LogP contribution in [0.5, 0.6) is 0 Å². The van der Waals surface area contributed by atoms with Crippen LogP contribution >= 0.6 is 11.3 Å². The fourth-order valence-electron chi connectivity index (χ4n) is 3.23. The first kappa shape index (κ1) is 19.0. The highest BCUT2D eigenvalue weighted by atomic mass is 32.1. The van der Waals surface area contributed by atoms with Crippen LogP contribution in [0.15, 0.2) is 29.3 Å². The summed E-state index contributed by atoms with van der Waals surface area (Å²) >= 11 is 1.50. The Morgan fingerprint density at radius 3 is 2.62 bits per heavy atom. The molecule has 0 N–H and O–H groups in total. The van der Waals surface area contributed by atoms with Crippen LogP contribution in [0.4, 0.5) is 5.69 Å². The Balaban J connectivity index is 1.85. The van der Waals surface area contributed by atoms with E-state index in [4.69, 9.17) is 9.73 Å². The van der Waals surface area contributed by atoms with Gasteiger partial charge in [0.2, 0.25) is 0 Å². The zero-order chi connectivity index (χ0) is 18.5. The Hall–Kier alpha value is -1.76. The van der Waals surface area contributed by atoms with Gasteiger partial charge < -0.3 is 9.30 Å². The number of hydrogen-bond acceptors (Lipinski definition) is 5. The lowest BCUT2D eigenvalue weighted by atomic mass is 10.2. The van der Waals surface area contributed by atoms with E-state index in [2.05, 4.69) is 22.5 Å². The number of aromatic nitrogens is 1. The van der Waals surface area contributed by atoms with E-state index in [0.717, 1.165) is 72.4 Å². The molecule has 0 radical (unpaired) electrons. The van der Waals surface area contributed by atoms with Gasteiger partial charge in [-0.05, 0) is 31.9 Å². The number of carbonyl (C=O) groups excluding carboxylic acids is 1. The highest BCUT2D eigenvalue weighted by Gasteiger charge is 2.15. The SMILES string of the molecule is CC(=O)c1sc(=Nc2ccccc2C)n(CCCN2CCOCC2)c1C. The van der Waals surface area contributed by atoms with Crippen LogP contribution in [0.2, 0.25) is 0 Å². The van der Waals surface area contributed by atoms with Gasteiger partial charge in [-0.3, -0.25) is 9.69 Å². The van der Waals surface area contributed by atoms with E-state index in [0.29, 0.717) is 0 Å². The second-order valence-corrected chi connectivity index (χ2v) is 7.69. The minimum Gasteiger partial charge on any atom is -0.379 e. The van der Waals surface area contributed by atoms with Gasteiger partial charge in [-0.2, -0.15) is 0 Å². The molecular formula is C20H27N3O2S. The van der Waals surface area contributed by atoms with Crippen molar-refractivity contribution in [3.05, 3.63) is 45.2 Å². The molecule has 1 aromatic carbocycles. The minimum absolute atomic E-state index is 0.112. The molecule has 0 saturated carbocycles. The van der Waals surface area contributed by atoms with Crippen molar-refractivity contribution < 1.29 is 9.53 Å². The summed E-state index contributed by atoms with van der Waals surface area (Å²) in [5, 5.41) is 0. The average molecular weight is 374 g/mol. The highest BCUT2D eigenvalue weighted by molar-refractivity contribution is 7.11. The molecule has 2 aromatic rings. The van der Waals surface area contributed by atoms with Gasteiger partial charge in [0.1, 0.15) is 0 Å². The first-order chi connectivity index (χ1) is 12.6. The van der Waals surface area contributed by atoms with Gasteiger partial charge in [-0.1, -0.05) is 29.5 Å². The number of carbonyl (C=O) groups is 1. The number of thiazole rings is 1. The smallest absolute Gasteiger partial charge is 0.190 e.